The van der Waals surface area contributed by atoms with E-state index in [-0.39, 0.29) is 18.0 Å². The van der Waals surface area contributed by atoms with Gasteiger partial charge in [-0.25, -0.2) is 13.1 Å². The van der Waals surface area contributed by atoms with Crippen LogP contribution in [0, 0.1) is 6.92 Å². The van der Waals surface area contributed by atoms with Gasteiger partial charge in [-0.3, -0.25) is 4.98 Å². The van der Waals surface area contributed by atoms with Gasteiger partial charge in [-0.15, -0.1) is 0 Å². The van der Waals surface area contributed by atoms with E-state index in [0.29, 0.717) is 12.0 Å². The van der Waals surface area contributed by atoms with E-state index >= 15 is 0 Å². The Morgan fingerprint density at radius 2 is 2.05 bits per heavy atom. The van der Waals surface area contributed by atoms with E-state index in [1.807, 2.05) is 25.1 Å². The Morgan fingerprint density at radius 3 is 2.71 bits per heavy atom. The van der Waals surface area contributed by atoms with E-state index in [1.165, 1.54) is 12.1 Å². The fourth-order valence-corrected chi connectivity index (χ4v) is 3.01. The monoisotopic (exact) mass is 306 g/mol. The van der Waals surface area contributed by atoms with Crippen LogP contribution in [0.2, 0.25) is 0 Å². The first-order valence-corrected chi connectivity index (χ1v) is 8.11. The molecule has 1 aromatic heterocycles. The molecule has 0 aliphatic rings. The molecule has 1 heterocycles. The Kier molecular flexibility index (Phi) is 5.06. The molecule has 2 rings (SSSR count). The lowest BCUT2D eigenvalue weighted by Gasteiger charge is -2.09. The van der Waals surface area contributed by atoms with Crippen molar-refractivity contribution < 1.29 is 13.5 Å². The van der Waals surface area contributed by atoms with Gasteiger partial charge in [-0.2, -0.15) is 0 Å². The molecule has 2 aromatic rings. The van der Waals surface area contributed by atoms with Gasteiger partial charge in [0.1, 0.15) is 0 Å². The Hall–Kier alpha value is -1.76. The van der Waals surface area contributed by atoms with Crippen LogP contribution in [0.4, 0.5) is 0 Å². The predicted octanol–water partition coefficient (Wildman–Crippen LogP) is 1.40. The van der Waals surface area contributed by atoms with E-state index in [9.17, 15) is 13.5 Å². The van der Waals surface area contributed by atoms with Crippen LogP contribution >= 0.6 is 0 Å². The van der Waals surface area contributed by atoms with Crippen molar-refractivity contribution in [3.63, 3.8) is 0 Å². The lowest BCUT2D eigenvalue weighted by Crippen LogP contribution is -2.26. The summed E-state index contributed by atoms with van der Waals surface area (Å²) in [6.45, 7) is 1.93. The van der Waals surface area contributed by atoms with Crippen molar-refractivity contribution >= 4 is 10.0 Å². The van der Waals surface area contributed by atoms with Crippen molar-refractivity contribution in [3.8, 4) is 0 Å². The molecular weight excluding hydrogens is 288 g/mol. The third-order valence-corrected chi connectivity index (χ3v) is 4.66. The smallest absolute Gasteiger partial charge is 0.240 e. The number of aryl methyl sites for hydroxylation is 1. The summed E-state index contributed by atoms with van der Waals surface area (Å²) in [5, 5.41) is 9.21. The summed E-state index contributed by atoms with van der Waals surface area (Å²) in [6.07, 6.45) is 2.20. The van der Waals surface area contributed by atoms with E-state index in [4.69, 9.17) is 0 Å². The van der Waals surface area contributed by atoms with Crippen LogP contribution in [0.15, 0.2) is 47.5 Å². The highest BCUT2D eigenvalue weighted by Crippen LogP contribution is 2.15. The summed E-state index contributed by atoms with van der Waals surface area (Å²) in [4.78, 5) is 4.31. The Morgan fingerprint density at radius 1 is 1.24 bits per heavy atom. The number of nitrogens with one attached hydrogen (secondary N) is 1. The highest BCUT2D eigenvalue weighted by molar-refractivity contribution is 7.89. The fraction of sp³-hybridized carbons (Fsp3) is 0.267. The summed E-state index contributed by atoms with van der Waals surface area (Å²) in [5.74, 6) is 0. The number of aliphatic hydroxyl groups is 1. The van der Waals surface area contributed by atoms with Crippen molar-refractivity contribution in [1.82, 2.24) is 9.71 Å². The first-order valence-electron chi connectivity index (χ1n) is 6.63. The molecule has 112 valence electrons. The number of aromatic nitrogens is 1. The lowest BCUT2D eigenvalue weighted by molar-refractivity contribution is 0.280. The van der Waals surface area contributed by atoms with E-state index in [2.05, 4.69) is 9.71 Å². The van der Waals surface area contributed by atoms with E-state index in [0.717, 1.165) is 11.3 Å². The third-order valence-electron chi connectivity index (χ3n) is 3.20. The number of benzene rings is 1. The van der Waals surface area contributed by atoms with Crippen LogP contribution in [0.25, 0.3) is 0 Å². The third kappa shape index (κ3) is 4.10. The molecule has 0 fully saturated rings. The normalized spacial score (nSPS) is 11.5. The van der Waals surface area contributed by atoms with Gasteiger partial charge < -0.3 is 5.11 Å². The van der Waals surface area contributed by atoms with Crippen LogP contribution in [-0.4, -0.2) is 25.1 Å². The zero-order valence-corrected chi connectivity index (χ0v) is 12.6. The summed E-state index contributed by atoms with van der Waals surface area (Å²) in [6, 6.07) is 10.3. The van der Waals surface area contributed by atoms with Crippen molar-refractivity contribution in [3.05, 3.63) is 59.4 Å². The average molecular weight is 306 g/mol. The molecule has 0 saturated carbocycles. The molecule has 21 heavy (non-hydrogen) atoms. The molecule has 0 atom stereocenters. The molecule has 0 aliphatic heterocycles. The van der Waals surface area contributed by atoms with Crippen LogP contribution in [0.5, 0.6) is 0 Å². The first-order chi connectivity index (χ1) is 10.0. The molecule has 0 unspecified atom stereocenters. The minimum Gasteiger partial charge on any atom is -0.392 e. The minimum absolute atomic E-state index is 0.165. The number of sulfonamides is 1. The number of hydrogen-bond acceptors (Lipinski definition) is 4. The topological polar surface area (TPSA) is 79.3 Å². The highest BCUT2D eigenvalue weighted by Gasteiger charge is 2.14. The largest absolute Gasteiger partial charge is 0.392 e. The van der Waals surface area contributed by atoms with Gasteiger partial charge in [-0.1, -0.05) is 12.1 Å². The van der Waals surface area contributed by atoms with Gasteiger partial charge in [0.15, 0.2) is 0 Å². The predicted molar refractivity (Wildman–Crippen MR) is 80.2 cm³/mol. The second kappa shape index (κ2) is 6.80. The standard InChI is InChI=1S/C15H18N2O3S/c1-12-5-6-15(10-13(12)11-18)21(19,20)17-9-7-14-4-2-3-8-16-14/h2-6,8,10,17-18H,7,9,11H2,1H3. The van der Waals surface area contributed by atoms with Gasteiger partial charge in [0.05, 0.1) is 11.5 Å². The Balaban J connectivity index is 2.05. The molecule has 0 aliphatic carbocycles. The van der Waals surface area contributed by atoms with E-state index < -0.39 is 10.0 Å². The van der Waals surface area contributed by atoms with E-state index in [1.54, 1.807) is 12.3 Å². The maximum atomic E-state index is 12.2. The number of rotatable bonds is 6. The molecule has 1 aromatic carbocycles. The van der Waals surface area contributed by atoms with Crippen LogP contribution in [0.3, 0.4) is 0 Å². The quantitative estimate of drug-likeness (QED) is 0.845. The zero-order chi connectivity index (χ0) is 15.3. The molecule has 5 nitrogen and oxygen atoms in total. The van der Waals surface area contributed by atoms with Crippen LogP contribution in [0.1, 0.15) is 16.8 Å². The number of aliphatic hydroxyl groups excluding tert-OH is 1. The molecule has 2 N–H and O–H groups in total. The van der Waals surface area contributed by atoms with Gasteiger partial charge in [0.25, 0.3) is 0 Å². The molecule has 6 heteroatoms. The molecular formula is C15H18N2O3S. The fourth-order valence-electron chi connectivity index (χ4n) is 1.93. The van der Waals surface area contributed by atoms with Gasteiger partial charge in [0, 0.05) is 24.9 Å². The van der Waals surface area contributed by atoms with Crippen LogP contribution in [-0.2, 0) is 23.1 Å². The molecule has 0 amide bonds. The number of pyridine rings is 1. The van der Waals surface area contributed by atoms with Crippen molar-refractivity contribution in [2.24, 2.45) is 0 Å². The molecule has 0 saturated heterocycles. The number of nitrogens with zero attached hydrogens (tertiary/aromatic N) is 1. The molecule has 0 spiro atoms. The second-order valence-electron chi connectivity index (χ2n) is 4.72. The number of hydrogen-bond donors (Lipinski definition) is 2. The summed E-state index contributed by atoms with van der Waals surface area (Å²) < 4.78 is 26.9. The minimum atomic E-state index is -3.57. The van der Waals surface area contributed by atoms with Crippen molar-refractivity contribution in [1.29, 1.82) is 0 Å². The molecule has 0 bridgehead atoms. The summed E-state index contributed by atoms with van der Waals surface area (Å²) in [7, 11) is -3.57. The highest BCUT2D eigenvalue weighted by atomic mass is 32.2. The summed E-state index contributed by atoms with van der Waals surface area (Å²) >= 11 is 0. The zero-order valence-electron chi connectivity index (χ0n) is 11.8. The van der Waals surface area contributed by atoms with Gasteiger partial charge >= 0.3 is 0 Å². The molecule has 0 radical (unpaired) electrons. The Bertz CT molecular complexity index is 700. The maximum Gasteiger partial charge on any atom is 0.240 e. The van der Waals surface area contributed by atoms with Crippen molar-refractivity contribution in [2.75, 3.05) is 6.54 Å². The van der Waals surface area contributed by atoms with Gasteiger partial charge in [-0.05, 0) is 42.3 Å². The van der Waals surface area contributed by atoms with Crippen molar-refractivity contribution in [2.45, 2.75) is 24.8 Å². The first kappa shape index (κ1) is 15.6. The summed E-state index contributed by atoms with van der Waals surface area (Å²) in [5.41, 5.74) is 2.31. The average Bonchev–Trinajstić information content (AvgIpc) is 2.48. The SMILES string of the molecule is Cc1ccc(S(=O)(=O)NCCc2ccccn2)cc1CO. The van der Waals surface area contributed by atoms with Gasteiger partial charge in [0.2, 0.25) is 10.0 Å². The van der Waals surface area contributed by atoms with Crippen LogP contribution < -0.4 is 4.72 Å². The lowest BCUT2D eigenvalue weighted by atomic mass is 10.1. The second-order valence-corrected chi connectivity index (χ2v) is 6.48. The maximum absolute atomic E-state index is 12.2. The Labute approximate surface area is 124 Å².